The van der Waals surface area contributed by atoms with Crippen LogP contribution in [0.15, 0.2) is 67.2 Å². The van der Waals surface area contributed by atoms with Gasteiger partial charge in [0.25, 0.3) is 0 Å². The Morgan fingerprint density at radius 2 is 1.84 bits per heavy atom. The van der Waals surface area contributed by atoms with Crippen LogP contribution in [0.4, 0.5) is 0 Å². The molecule has 1 aromatic carbocycles. The first-order valence-electron chi connectivity index (χ1n) is 7.45. The van der Waals surface area contributed by atoms with Gasteiger partial charge in [-0.3, -0.25) is 9.55 Å². The van der Waals surface area contributed by atoms with Gasteiger partial charge in [0, 0.05) is 29.3 Å². The lowest BCUT2D eigenvalue weighted by atomic mass is 10.2. The van der Waals surface area contributed by atoms with E-state index in [2.05, 4.69) is 9.97 Å². The van der Waals surface area contributed by atoms with Crippen molar-refractivity contribution < 1.29 is 4.11 Å². The van der Waals surface area contributed by atoms with E-state index in [1.54, 1.807) is 16.8 Å². The lowest BCUT2D eigenvalue weighted by molar-refractivity contribution is 1.05. The molecule has 0 N–H and O–H groups in total. The third-order valence-electron chi connectivity index (χ3n) is 3.15. The van der Waals surface area contributed by atoms with Gasteiger partial charge in [0.05, 0.1) is 15.8 Å². The van der Waals surface area contributed by atoms with Crippen LogP contribution in [0.2, 0.25) is 0 Å². The molecule has 0 spiro atoms. The molecule has 0 bridgehead atoms. The summed E-state index contributed by atoms with van der Waals surface area (Å²) >= 11 is 0. The molecule has 3 nitrogen and oxygen atoms in total. The van der Waals surface area contributed by atoms with E-state index in [1.807, 2.05) is 36.4 Å². The molecule has 0 aliphatic heterocycles. The van der Waals surface area contributed by atoms with Crippen molar-refractivity contribution in [3.8, 4) is 5.82 Å². The molecule has 3 heterocycles. The van der Waals surface area contributed by atoms with Crippen LogP contribution >= 0.6 is 0 Å². The van der Waals surface area contributed by atoms with Crippen LogP contribution < -0.4 is 0 Å². The second-order valence-corrected chi connectivity index (χ2v) is 4.30. The molecule has 0 saturated carbocycles. The van der Waals surface area contributed by atoms with Crippen molar-refractivity contribution in [2.24, 2.45) is 0 Å². The fourth-order valence-corrected chi connectivity index (χ4v) is 2.20. The van der Waals surface area contributed by atoms with E-state index in [0.717, 1.165) is 16.2 Å². The number of aromatic nitrogens is 3. The Morgan fingerprint density at radius 1 is 0.947 bits per heavy atom. The summed E-state index contributed by atoms with van der Waals surface area (Å²) in [7, 11) is 0. The first-order valence-corrected chi connectivity index (χ1v) is 5.95. The van der Waals surface area contributed by atoms with Gasteiger partial charge in [0.15, 0.2) is 0 Å². The number of nitrogens with zero attached hydrogens (tertiary/aromatic N) is 3. The molecule has 0 aliphatic carbocycles. The smallest absolute Gasteiger partial charge is 0.137 e. The normalized spacial score (nSPS) is 13.4. The molecule has 0 radical (unpaired) electrons. The fourth-order valence-electron chi connectivity index (χ4n) is 2.20. The largest absolute Gasteiger partial charge is 0.300 e. The van der Waals surface area contributed by atoms with Gasteiger partial charge in [-0.2, -0.15) is 0 Å². The molecule has 90 valence electrons. The van der Waals surface area contributed by atoms with E-state index in [0.29, 0.717) is 11.3 Å². The Labute approximate surface area is 114 Å². The van der Waals surface area contributed by atoms with Crippen molar-refractivity contribution in [1.82, 2.24) is 14.5 Å². The predicted octanol–water partition coefficient (Wildman–Crippen LogP) is 3.57. The fraction of sp³-hybridized carbons (Fsp3) is 0. The minimum atomic E-state index is 0.0361. The van der Waals surface area contributed by atoms with Crippen LogP contribution in [0.25, 0.3) is 27.5 Å². The van der Waals surface area contributed by atoms with E-state index in [9.17, 15) is 0 Å². The molecule has 4 aromatic rings. The van der Waals surface area contributed by atoms with E-state index in [-0.39, 0.29) is 18.5 Å². The zero-order valence-electron chi connectivity index (χ0n) is 13.0. The van der Waals surface area contributed by atoms with Crippen LogP contribution in [0, 0.1) is 0 Å². The average Bonchev–Trinajstić information content (AvgIpc) is 2.91. The molecular formula is C16H11N3. The highest BCUT2D eigenvalue weighted by atomic mass is 15.1. The monoisotopic (exact) mass is 251 g/mol. The molecule has 0 atom stereocenters. The maximum Gasteiger partial charge on any atom is 0.137 e. The summed E-state index contributed by atoms with van der Waals surface area (Å²) in [5.41, 5.74) is 0.596. The van der Waals surface area contributed by atoms with E-state index < -0.39 is 0 Å². The molecule has 4 rings (SSSR count). The Kier molecular flexibility index (Phi) is 1.59. The highest BCUT2D eigenvalue weighted by Gasteiger charge is 2.04. The molecule has 3 aromatic heterocycles. The highest BCUT2D eigenvalue weighted by Crippen LogP contribution is 2.21. The third-order valence-corrected chi connectivity index (χ3v) is 3.15. The minimum Gasteiger partial charge on any atom is -0.300 e. The minimum absolute atomic E-state index is 0.0361. The molecule has 19 heavy (non-hydrogen) atoms. The molecule has 0 aliphatic rings. The molecular weight excluding hydrogens is 234 g/mol. The number of hydrogen-bond acceptors (Lipinski definition) is 2. The number of fused-ring (bicyclic) bond motifs is 2. The van der Waals surface area contributed by atoms with E-state index in [4.69, 9.17) is 4.11 Å². The van der Waals surface area contributed by atoms with Crippen LogP contribution in [-0.2, 0) is 0 Å². The van der Waals surface area contributed by atoms with Gasteiger partial charge in [0.2, 0.25) is 0 Å². The topological polar surface area (TPSA) is 30.7 Å². The van der Waals surface area contributed by atoms with Gasteiger partial charge in [0.1, 0.15) is 5.82 Å². The van der Waals surface area contributed by atoms with Gasteiger partial charge in [-0.05, 0) is 23.6 Å². The van der Waals surface area contributed by atoms with Crippen LogP contribution in [0.1, 0.15) is 4.11 Å². The molecule has 0 saturated heterocycles. The quantitative estimate of drug-likeness (QED) is 0.517. The molecule has 0 amide bonds. The summed E-state index contributed by atoms with van der Waals surface area (Å²) < 4.78 is 25.4. The Morgan fingerprint density at radius 3 is 2.79 bits per heavy atom. The number of rotatable bonds is 1. The van der Waals surface area contributed by atoms with Crippen LogP contribution in [0.3, 0.4) is 0 Å². The second-order valence-electron chi connectivity index (χ2n) is 4.30. The van der Waals surface area contributed by atoms with Gasteiger partial charge in [-0.15, -0.1) is 0 Å². The van der Waals surface area contributed by atoms with Gasteiger partial charge in [-0.1, -0.05) is 24.3 Å². The van der Waals surface area contributed by atoms with Crippen LogP contribution in [-0.4, -0.2) is 14.5 Å². The summed E-state index contributed by atoms with van der Waals surface area (Å²) in [5.74, 6) is 0.576. The number of pyridine rings is 2. The summed E-state index contributed by atoms with van der Waals surface area (Å²) in [6.45, 7) is 0. The average molecular weight is 251 g/mol. The number of benzene rings is 1. The lowest BCUT2D eigenvalue weighted by Crippen LogP contribution is -1.95. The molecule has 0 fully saturated rings. The Bertz CT molecular complexity index is 1020. The number of hydrogen-bond donors (Lipinski definition) is 0. The maximum atomic E-state index is 8.09. The summed E-state index contributed by atoms with van der Waals surface area (Å²) in [6.07, 6.45) is 2.10. The summed E-state index contributed by atoms with van der Waals surface area (Å²) in [5, 5.41) is 2.49. The zero-order chi connectivity index (χ0) is 15.3. The summed E-state index contributed by atoms with van der Waals surface area (Å²) in [4.78, 5) is 8.21. The predicted molar refractivity (Wildman–Crippen MR) is 76.4 cm³/mol. The van der Waals surface area contributed by atoms with Crippen molar-refractivity contribution in [2.75, 3.05) is 0 Å². The van der Waals surface area contributed by atoms with Gasteiger partial charge in [-0.25, -0.2) is 4.98 Å². The van der Waals surface area contributed by atoms with Crippen molar-refractivity contribution in [2.45, 2.75) is 0 Å². The Hall–Kier alpha value is -2.68. The maximum absolute atomic E-state index is 8.09. The molecule has 3 heteroatoms. The van der Waals surface area contributed by atoms with Crippen molar-refractivity contribution in [3.63, 3.8) is 0 Å². The highest BCUT2D eigenvalue weighted by molar-refractivity contribution is 5.85. The Balaban J connectivity index is 2.03. The molecule has 0 unspecified atom stereocenters. The van der Waals surface area contributed by atoms with Crippen molar-refractivity contribution in [1.29, 1.82) is 0 Å². The van der Waals surface area contributed by atoms with Gasteiger partial charge >= 0.3 is 0 Å². The van der Waals surface area contributed by atoms with Gasteiger partial charge < -0.3 is 0 Å². The standard InChI is InChI=1S/C16H11N3/c1-2-4-14-10-18-16(9-13(14)3-1)19-8-6-12-5-7-17-11-15(12)19/h1-11H/i7T,10T,11T. The zero-order valence-corrected chi connectivity index (χ0v) is 9.96. The summed E-state index contributed by atoms with van der Waals surface area (Å²) in [6, 6.07) is 12.9. The third kappa shape index (κ3) is 1.59. The SMILES string of the molecule is [3H]c1cc2ccn(-c3cc4ccccc4c([3H])n3)c2c([3H])n1. The van der Waals surface area contributed by atoms with Crippen LogP contribution in [0.5, 0.6) is 0 Å². The first kappa shape index (κ1) is 7.69. The lowest BCUT2D eigenvalue weighted by Gasteiger charge is -2.05. The van der Waals surface area contributed by atoms with Crippen molar-refractivity contribution >= 4 is 21.7 Å². The van der Waals surface area contributed by atoms with E-state index in [1.165, 1.54) is 0 Å². The van der Waals surface area contributed by atoms with E-state index >= 15 is 0 Å². The first-order chi connectivity index (χ1) is 10.6. The van der Waals surface area contributed by atoms with Crippen molar-refractivity contribution in [3.05, 3.63) is 67.2 Å². The second kappa shape index (κ2) is 3.92.